The topological polar surface area (TPSA) is 30.5 Å². The molecule has 0 aromatic heterocycles. The summed E-state index contributed by atoms with van der Waals surface area (Å²) in [5, 5.41) is 3.78. The van der Waals surface area contributed by atoms with Gasteiger partial charge < -0.3 is 14.8 Å². The molecule has 2 aliphatic rings. The third kappa shape index (κ3) is 3.01. The lowest BCUT2D eigenvalue weighted by molar-refractivity contribution is 0.127. The minimum Gasteiger partial charge on any atom is -0.484 e. The van der Waals surface area contributed by atoms with E-state index in [9.17, 15) is 4.39 Å². The first-order valence-corrected chi connectivity index (χ1v) is 8.19. The van der Waals surface area contributed by atoms with Gasteiger partial charge in [0.05, 0.1) is 0 Å². The summed E-state index contributed by atoms with van der Waals surface area (Å²) < 4.78 is 25.6. The minimum absolute atomic E-state index is 0.143. The Morgan fingerprint density at radius 3 is 2.70 bits per heavy atom. The van der Waals surface area contributed by atoms with E-state index in [0.29, 0.717) is 16.5 Å². The molecule has 23 heavy (non-hydrogen) atoms. The summed E-state index contributed by atoms with van der Waals surface area (Å²) in [6, 6.07) is 10.3. The van der Waals surface area contributed by atoms with Gasteiger partial charge in [-0.25, -0.2) is 4.39 Å². The van der Waals surface area contributed by atoms with E-state index >= 15 is 0 Å². The van der Waals surface area contributed by atoms with Crippen molar-refractivity contribution in [3.63, 3.8) is 0 Å². The van der Waals surface area contributed by atoms with Crippen LogP contribution in [-0.2, 0) is 6.42 Å². The van der Waals surface area contributed by atoms with Crippen LogP contribution >= 0.6 is 11.6 Å². The van der Waals surface area contributed by atoms with Crippen molar-refractivity contribution < 1.29 is 13.9 Å². The Bertz CT molecular complexity index is 733. The summed E-state index contributed by atoms with van der Waals surface area (Å²) in [7, 11) is 0. The second kappa shape index (κ2) is 6.02. The Balaban J connectivity index is 1.58. The Kier molecular flexibility index (Phi) is 3.87. The highest BCUT2D eigenvalue weighted by Gasteiger charge is 2.27. The van der Waals surface area contributed by atoms with Crippen molar-refractivity contribution in [2.24, 2.45) is 0 Å². The first-order valence-electron chi connectivity index (χ1n) is 7.81. The Morgan fingerprint density at radius 1 is 1.04 bits per heavy atom. The number of hydrogen-bond donors (Lipinski definition) is 1. The summed E-state index contributed by atoms with van der Waals surface area (Å²) in [6.07, 6.45) is 1.73. The molecule has 4 rings (SSSR count). The average molecular weight is 334 g/mol. The number of ether oxygens (including phenoxy) is 2. The molecule has 1 saturated heterocycles. The van der Waals surface area contributed by atoms with E-state index in [1.165, 1.54) is 6.07 Å². The van der Waals surface area contributed by atoms with Gasteiger partial charge in [-0.05, 0) is 48.2 Å². The van der Waals surface area contributed by atoms with Crippen LogP contribution in [0.3, 0.4) is 0 Å². The van der Waals surface area contributed by atoms with Gasteiger partial charge in [0.15, 0.2) is 11.5 Å². The predicted octanol–water partition coefficient (Wildman–Crippen LogP) is 3.90. The molecule has 3 nitrogen and oxygen atoms in total. The molecule has 1 fully saturated rings. The maximum atomic E-state index is 13.5. The third-order valence-electron chi connectivity index (χ3n) is 4.34. The van der Waals surface area contributed by atoms with Crippen molar-refractivity contribution in [2.75, 3.05) is 13.1 Å². The average Bonchev–Trinajstić information content (AvgIpc) is 2.88. The lowest BCUT2D eigenvalue weighted by Crippen LogP contribution is -2.50. The van der Waals surface area contributed by atoms with Crippen LogP contribution in [0, 0.1) is 5.82 Å². The molecule has 0 saturated carbocycles. The summed E-state index contributed by atoms with van der Waals surface area (Å²) in [4.78, 5) is 0. The van der Waals surface area contributed by atoms with Gasteiger partial charge in [0, 0.05) is 24.2 Å². The van der Waals surface area contributed by atoms with Crippen molar-refractivity contribution in [3.8, 4) is 11.5 Å². The zero-order valence-electron chi connectivity index (χ0n) is 12.5. The van der Waals surface area contributed by atoms with Gasteiger partial charge in [-0.3, -0.25) is 0 Å². The molecule has 1 N–H and O–H groups in total. The highest BCUT2D eigenvalue weighted by molar-refractivity contribution is 6.30. The number of halogens is 2. The van der Waals surface area contributed by atoms with E-state index in [-0.39, 0.29) is 18.0 Å². The van der Waals surface area contributed by atoms with Gasteiger partial charge in [-0.2, -0.15) is 0 Å². The fourth-order valence-corrected chi connectivity index (χ4v) is 3.17. The van der Waals surface area contributed by atoms with Crippen LogP contribution in [-0.4, -0.2) is 19.2 Å². The maximum Gasteiger partial charge on any atom is 0.163 e. The molecule has 1 unspecified atom stereocenters. The van der Waals surface area contributed by atoms with Crippen molar-refractivity contribution in [1.82, 2.24) is 5.32 Å². The fourth-order valence-electron chi connectivity index (χ4n) is 3.01. The van der Waals surface area contributed by atoms with Crippen LogP contribution in [0.1, 0.15) is 23.7 Å². The molecule has 1 aliphatic heterocycles. The molecular weight excluding hydrogens is 317 g/mol. The molecule has 5 heteroatoms. The third-order valence-corrected chi connectivity index (χ3v) is 4.58. The molecule has 2 aromatic carbocycles. The smallest absolute Gasteiger partial charge is 0.163 e. The van der Waals surface area contributed by atoms with E-state index in [4.69, 9.17) is 21.1 Å². The summed E-state index contributed by atoms with van der Waals surface area (Å²) in [6.45, 7) is 1.65. The van der Waals surface area contributed by atoms with Crippen molar-refractivity contribution in [3.05, 3.63) is 58.4 Å². The van der Waals surface area contributed by atoms with E-state index in [1.54, 1.807) is 18.2 Å². The standard InChI is InChI=1S/C18H17ClFNO2/c19-12-3-6-17(18(7-12)22-14-9-21-10-14)23-16-5-2-11-1-4-13(20)8-15(11)16/h1,3-4,6-8,14,16,21H,2,5,9-10H2. The lowest BCUT2D eigenvalue weighted by atomic mass is 10.1. The normalized spacial score (nSPS) is 20.0. The quantitative estimate of drug-likeness (QED) is 0.920. The number of benzene rings is 2. The van der Waals surface area contributed by atoms with Gasteiger partial charge >= 0.3 is 0 Å². The van der Waals surface area contributed by atoms with Gasteiger partial charge in [0.25, 0.3) is 0 Å². The number of aryl methyl sites for hydroxylation is 1. The summed E-state index contributed by atoms with van der Waals surface area (Å²) >= 11 is 6.08. The summed E-state index contributed by atoms with van der Waals surface area (Å²) in [5.41, 5.74) is 2.08. The fraction of sp³-hybridized carbons (Fsp3) is 0.333. The number of nitrogens with one attached hydrogen (secondary N) is 1. The number of hydrogen-bond acceptors (Lipinski definition) is 3. The largest absolute Gasteiger partial charge is 0.484 e. The summed E-state index contributed by atoms with van der Waals surface area (Å²) in [5.74, 6) is 1.07. The Morgan fingerprint density at radius 2 is 1.91 bits per heavy atom. The van der Waals surface area contributed by atoms with Gasteiger partial charge in [0.1, 0.15) is 18.0 Å². The number of fused-ring (bicyclic) bond motifs is 1. The zero-order valence-corrected chi connectivity index (χ0v) is 13.3. The van der Waals surface area contributed by atoms with Crippen LogP contribution < -0.4 is 14.8 Å². The van der Waals surface area contributed by atoms with Crippen LogP contribution in [0.15, 0.2) is 36.4 Å². The molecule has 0 spiro atoms. The van der Waals surface area contributed by atoms with E-state index in [2.05, 4.69) is 5.32 Å². The molecule has 0 radical (unpaired) electrons. The molecule has 1 atom stereocenters. The van der Waals surface area contributed by atoms with Crippen molar-refractivity contribution in [2.45, 2.75) is 25.0 Å². The minimum atomic E-state index is -0.229. The Hall–Kier alpha value is -1.78. The SMILES string of the molecule is Fc1ccc2c(c1)C(Oc1ccc(Cl)cc1OC1CNC1)CC2. The first-order chi connectivity index (χ1) is 11.2. The van der Waals surface area contributed by atoms with E-state index < -0.39 is 0 Å². The molecule has 2 aromatic rings. The molecule has 1 heterocycles. The van der Waals surface area contributed by atoms with Crippen LogP contribution in [0.4, 0.5) is 4.39 Å². The molecule has 1 aliphatic carbocycles. The number of rotatable bonds is 4. The molecule has 120 valence electrons. The van der Waals surface area contributed by atoms with Crippen LogP contribution in [0.5, 0.6) is 11.5 Å². The van der Waals surface area contributed by atoms with Gasteiger partial charge in [-0.1, -0.05) is 17.7 Å². The van der Waals surface area contributed by atoms with Crippen LogP contribution in [0.2, 0.25) is 5.02 Å². The maximum absolute atomic E-state index is 13.5. The van der Waals surface area contributed by atoms with E-state index in [1.807, 2.05) is 12.1 Å². The highest BCUT2D eigenvalue weighted by Crippen LogP contribution is 2.39. The van der Waals surface area contributed by atoms with Crippen LogP contribution in [0.25, 0.3) is 0 Å². The second-order valence-corrected chi connectivity index (χ2v) is 6.41. The zero-order chi connectivity index (χ0) is 15.8. The van der Waals surface area contributed by atoms with Gasteiger partial charge in [-0.15, -0.1) is 0 Å². The lowest BCUT2D eigenvalue weighted by Gasteiger charge is -2.29. The van der Waals surface area contributed by atoms with Gasteiger partial charge in [0.2, 0.25) is 0 Å². The highest BCUT2D eigenvalue weighted by atomic mass is 35.5. The predicted molar refractivity (Wildman–Crippen MR) is 86.8 cm³/mol. The molecule has 0 amide bonds. The second-order valence-electron chi connectivity index (χ2n) is 5.98. The first kappa shape index (κ1) is 14.8. The monoisotopic (exact) mass is 333 g/mol. The Labute approximate surface area is 139 Å². The van der Waals surface area contributed by atoms with Crippen molar-refractivity contribution in [1.29, 1.82) is 0 Å². The van der Waals surface area contributed by atoms with Crippen molar-refractivity contribution >= 4 is 11.6 Å². The molecular formula is C18H17ClFNO2. The van der Waals surface area contributed by atoms with E-state index in [0.717, 1.165) is 37.1 Å². The molecule has 0 bridgehead atoms.